The Morgan fingerprint density at radius 1 is 0.957 bits per heavy atom. The number of benzene rings is 1. The van der Waals surface area contributed by atoms with E-state index < -0.39 is 42.0 Å². The number of likely N-dealkylation sites (N-methyl/N-ethyl adjacent to an activating group) is 1. The van der Waals surface area contributed by atoms with Gasteiger partial charge in [-0.05, 0) is 56.6 Å². The van der Waals surface area contributed by atoms with Gasteiger partial charge in [0, 0.05) is 39.4 Å². The highest BCUT2D eigenvalue weighted by atomic mass is 16.3. The lowest BCUT2D eigenvalue weighted by molar-refractivity contribution is -0.137. The summed E-state index contributed by atoms with van der Waals surface area (Å²) in [6, 6.07) is 7.83. The first-order chi connectivity index (χ1) is 22.7. The van der Waals surface area contributed by atoms with E-state index in [9.17, 15) is 24.6 Å². The molecule has 5 N–H and O–H groups in total. The van der Waals surface area contributed by atoms with Crippen molar-refractivity contribution >= 4 is 17.7 Å². The summed E-state index contributed by atoms with van der Waals surface area (Å²) in [6.45, 7) is 4.12. The molecule has 0 bridgehead atoms. The van der Waals surface area contributed by atoms with E-state index >= 15 is 0 Å². The summed E-state index contributed by atoms with van der Waals surface area (Å²) in [4.78, 5) is 42.5. The number of nitrogens with one attached hydrogen (secondary N) is 3. The second-order valence-corrected chi connectivity index (χ2v) is 13.0. The number of aliphatic hydroxyl groups is 2. The lowest BCUT2D eigenvalue weighted by Crippen LogP contribution is -2.56. The normalized spacial score (nSPS) is 16.5. The van der Waals surface area contributed by atoms with E-state index in [2.05, 4.69) is 34.7 Å². The standard InChI is InChI=1S/C38H58N4O5/c1-5-8-12-22-34(43)36(45)33(27-30-19-15-11-16-20-30)41-38(47)32(21-9-6-2)40-37(46)31(26-29-17-13-10-14-18-29)28-35(44)42(4)25-24-39-23-7-3/h1-2,10,13-14,17-18,30-34,36,39,43,45H,7-9,11-12,15-16,19-28H2,3-4H3,(H,40,46)(H,41,47)/t31?,32-,33?,34?,36+/m0/s1. The van der Waals surface area contributed by atoms with Gasteiger partial charge in [-0.3, -0.25) is 14.4 Å². The number of aliphatic hydroxyl groups excluding tert-OH is 2. The zero-order chi connectivity index (χ0) is 34.4. The molecule has 1 aliphatic carbocycles. The number of carbonyl (C=O) groups is 3. The average molecular weight is 651 g/mol. The van der Waals surface area contributed by atoms with Crippen LogP contribution in [0.4, 0.5) is 0 Å². The quantitative estimate of drug-likeness (QED) is 0.0964. The van der Waals surface area contributed by atoms with Crippen LogP contribution in [0.1, 0.15) is 96.0 Å². The molecule has 5 atom stereocenters. The number of unbranched alkanes of at least 4 members (excludes halogenated alkanes) is 1. The minimum Gasteiger partial charge on any atom is -0.390 e. The molecule has 1 aliphatic rings. The van der Waals surface area contributed by atoms with E-state index in [-0.39, 0.29) is 25.2 Å². The predicted molar refractivity (Wildman–Crippen MR) is 187 cm³/mol. The Labute approximate surface area is 283 Å². The minimum atomic E-state index is -1.19. The first kappa shape index (κ1) is 39.8. The summed E-state index contributed by atoms with van der Waals surface area (Å²) in [7, 11) is 1.73. The van der Waals surface area contributed by atoms with Crippen LogP contribution < -0.4 is 16.0 Å². The molecule has 0 aliphatic heterocycles. The number of rotatable bonds is 22. The van der Waals surface area contributed by atoms with Crippen molar-refractivity contribution in [1.82, 2.24) is 20.9 Å². The van der Waals surface area contributed by atoms with Crippen LogP contribution in [0.15, 0.2) is 30.3 Å². The largest absolute Gasteiger partial charge is 0.390 e. The van der Waals surface area contributed by atoms with Crippen LogP contribution in [-0.2, 0) is 20.8 Å². The maximum atomic E-state index is 13.8. The fraction of sp³-hybridized carbons (Fsp3) is 0.658. The summed E-state index contributed by atoms with van der Waals surface area (Å²) < 4.78 is 0. The van der Waals surface area contributed by atoms with E-state index in [0.29, 0.717) is 51.1 Å². The van der Waals surface area contributed by atoms with Gasteiger partial charge in [-0.25, -0.2) is 0 Å². The smallest absolute Gasteiger partial charge is 0.242 e. The van der Waals surface area contributed by atoms with Crippen LogP contribution in [0.5, 0.6) is 0 Å². The first-order valence-corrected chi connectivity index (χ1v) is 17.5. The van der Waals surface area contributed by atoms with E-state index in [1.165, 1.54) is 6.42 Å². The van der Waals surface area contributed by atoms with Gasteiger partial charge in [-0.1, -0.05) is 69.4 Å². The fourth-order valence-corrected chi connectivity index (χ4v) is 6.18. The Morgan fingerprint density at radius 2 is 1.66 bits per heavy atom. The van der Waals surface area contributed by atoms with Crippen molar-refractivity contribution in [1.29, 1.82) is 0 Å². The Morgan fingerprint density at radius 3 is 2.32 bits per heavy atom. The molecule has 0 aromatic heterocycles. The molecule has 9 nitrogen and oxygen atoms in total. The topological polar surface area (TPSA) is 131 Å². The van der Waals surface area contributed by atoms with Crippen molar-refractivity contribution in [2.75, 3.05) is 26.7 Å². The maximum Gasteiger partial charge on any atom is 0.242 e. The second kappa shape index (κ2) is 23.0. The molecule has 2 rings (SSSR count). The molecule has 0 saturated heterocycles. The summed E-state index contributed by atoms with van der Waals surface area (Å²) in [5.41, 5.74) is 0.909. The van der Waals surface area contributed by atoms with Gasteiger partial charge in [-0.15, -0.1) is 24.7 Å². The molecular formula is C38H58N4O5. The molecule has 3 unspecified atom stereocenters. The number of hydrogen-bond acceptors (Lipinski definition) is 6. The molecule has 1 fully saturated rings. The maximum absolute atomic E-state index is 13.8. The molecule has 0 spiro atoms. The summed E-state index contributed by atoms with van der Waals surface area (Å²) in [5, 5.41) is 31.2. The number of amides is 3. The molecule has 47 heavy (non-hydrogen) atoms. The van der Waals surface area contributed by atoms with E-state index in [0.717, 1.165) is 44.2 Å². The van der Waals surface area contributed by atoms with Gasteiger partial charge in [-0.2, -0.15) is 0 Å². The molecule has 3 amide bonds. The van der Waals surface area contributed by atoms with Gasteiger partial charge in [0.1, 0.15) is 6.04 Å². The van der Waals surface area contributed by atoms with Crippen LogP contribution in [-0.4, -0.2) is 83.8 Å². The Bertz CT molecular complexity index is 1140. The molecule has 0 heterocycles. The fourth-order valence-electron chi connectivity index (χ4n) is 6.18. The van der Waals surface area contributed by atoms with E-state index in [1.54, 1.807) is 11.9 Å². The van der Waals surface area contributed by atoms with E-state index in [1.807, 2.05) is 30.3 Å². The van der Waals surface area contributed by atoms with Crippen LogP contribution >= 0.6 is 0 Å². The second-order valence-electron chi connectivity index (χ2n) is 13.0. The Hall–Kier alpha value is -3.37. The van der Waals surface area contributed by atoms with Gasteiger partial charge in [0.25, 0.3) is 0 Å². The van der Waals surface area contributed by atoms with Crippen LogP contribution in [0.2, 0.25) is 0 Å². The molecule has 260 valence electrons. The zero-order valence-corrected chi connectivity index (χ0v) is 28.6. The average Bonchev–Trinajstić information content (AvgIpc) is 3.08. The summed E-state index contributed by atoms with van der Waals surface area (Å²) >= 11 is 0. The predicted octanol–water partition coefficient (Wildman–Crippen LogP) is 3.57. The molecule has 9 heteroatoms. The summed E-state index contributed by atoms with van der Waals surface area (Å²) in [6.07, 6.45) is 17.7. The van der Waals surface area contributed by atoms with Gasteiger partial charge >= 0.3 is 0 Å². The molecule has 0 radical (unpaired) electrons. The van der Waals surface area contributed by atoms with Crippen molar-refractivity contribution in [2.45, 2.75) is 121 Å². The highest BCUT2D eigenvalue weighted by Crippen LogP contribution is 2.29. The van der Waals surface area contributed by atoms with Crippen molar-refractivity contribution in [3.8, 4) is 24.7 Å². The van der Waals surface area contributed by atoms with Gasteiger partial charge in [0.2, 0.25) is 17.7 Å². The number of hydrogen-bond donors (Lipinski definition) is 5. The van der Waals surface area contributed by atoms with Crippen LogP contribution in [0.3, 0.4) is 0 Å². The third kappa shape index (κ3) is 15.4. The molecular weight excluding hydrogens is 592 g/mol. The number of nitrogens with zero attached hydrogens (tertiary/aromatic N) is 1. The van der Waals surface area contributed by atoms with Crippen molar-refractivity contribution < 1.29 is 24.6 Å². The lowest BCUT2D eigenvalue weighted by Gasteiger charge is -2.33. The van der Waals surface area contributed by atoms with Gasteiger partial charge in [0.05, 0.1) is 24.2 Å². The Kier molecular flexibility index (Phi) is 19.5. The Balaban J connectivity index is 2.22. The van der Waals surface area contributed by atoms with Crippen molar-refractivity contribution in [3.05, 3.63) is 35.9 Å². The van der Waals surface area contributed by atoms with Crippen LogP contribution in [0.25, 0.3) is 0 Å². The molecule has 1 aromatic carbocycles. The van der Waals surface area contributed by atoms with Crippen molar-refractivity contribution in [2.24, 2.45) is 11.8 Å². The molecule has 1 aromatic rings. The monoisotopic (exact) mass is 650 g/mol. The SMILES string of the molecule is C#CCCCC(O)[C@H](O)C(CC1CCCCC1)NC(=O)[C@H](CCC#C)NC(=O)C(CC(=O)N(C)CCNCCC)Cc1ccccc1. The summed E-state index contributed by atoms with van der Waals surface area (Å²) in [5.74, 6) is 3.69. The van der Waals surface area contributed by atoms with E-state index in [4.69, 9.17) is 12.8 Å². The third-order valence-corrected chi connectivity index (χ3v) is 9.07. The van der Waals surface area contributed by atoms with Gasteiger partial charge < -0.3 is 31.1 Å². The minimum absolute atomic E-state index is 0.0125. The highest BCUT2D eigenvalue weighted by molar-refractivity contribution is 5.91. The number of terminal acetylenes is 2. The molecule has 1 saturated carbocycles. The lowest BCUT2D eigenvalue weighted by atomic mass is 9.82. The number of carbonyl (C=O) groups excluding carboxylic acids is 3. The third-order valence-electron chi connectivity index (χ3n) is 9.07. The van der Waals surface area contributed by atoms with Crippen LogP contribution in [0, 0.1) is 36.5 Å². The van der Waals surface area contributed by atoms with Crippen molar-refractivity contribution in [3.63, 3.8) is 0 Å². The van der Waals surface area contributed by atoms with Gasteiger partial charge in [0.15, 0.2) is 0 Å². The zero-order valence-electron chi connectivity index (χ0n) is 28.6. The highest BCUT2D eigenvalue weighted by Gasteiger charge is 2.34. The first-order valence-electron chi connectivity index (χ1n) is 17.5.